The minimum atomic E-state index is 0. The number of benzene rings is 1. The average molecular weight is 462 g/mol. The monoisotopic (exact) mass is 462 g/mol. The molecule has 0 aromatic heterocycles. The number of nitrogens with zero attached hydrogens (tertiary/aromatic N) is 2. The van der Waals surface area contributed by atoms with E-state index in [1.807, 2.05) is 18.2 Å². The fourth-order valence-electron chi connectivity index (χ4n) is 2.32. The van der Waals surface area contributed by atoms with Gasteiger partial charge in [0.15, 0.2) is 5.96 Å². The van der Waals surface area contributed by atoms with Crippen molar-refractivity contribution in [1.29, 1.82) is 0 Å². The van der Waals surface area contributed by atoms with Gasteiger partial charge in [0.25, 0.3) is 0 Å². The summed E-state index contributed by atoms with van der Waals surface area (Å²) < 4.78 is 6.00. The smallest absolute Gasteiger partial charge is 0.191 e. The Morgan fingerprint density at radius 1 is 1.20 bits per heavy atom. The molecule has 25 heavy (non-hydrogen) atoms. The van der Waals surface area contributed by atoms with E-state index < -0.39 is 0 Å². The Labute approximate surface area is 170 Å². The van der Waals surface area contributed by atoms with Gasteiger partial charge in [-0.05, 0) is 32.5 Å². The first-order chi connectivity index (χ1) is 11.6. The van der Waals surface area contributed by atoms with Crippen molar-refractivity contribution in [3.63, 3.8) is 0 Å². The second-order valence-electron chi connectivity index (χ2n) is 5.86. The number of rotatable bonds is 10. The Morgan fingerprint density at radius 3 is 2.48 bits per heavy atom. The molecule has 1 unspecified atom stereocenters. The third-order valence-corrected chi connectivity index (χ3v) is 4.20. The van der Waals surface area contributed by atoms with Crippen molar-refractivity contribution in [2.75, 3.05) is 33.3 Å². The lowest BCUT2D eigenvalue weighted by molar-refractivity contribution is 0.221. The molecule has 0 spiro atoms. The molecule has 0 fully saturated rings. The molecular formula is C19H35IN4O. The normalized spacial score (nSPS) is 12.5. The number of hydrogen-bond acceptors (Lipinski definition) is 3. The van der Waals surface area contributed by atoms with Crippen molar-refractivity contribution in [1.82, 2.24) is 15.5 Å². The van der Waals surface area contributed by atoms with E-state index in [2.05, 4.69) is 54.3 Å². The van der Waals surface area contributed by atoms with E-state index in [1.54, 1.807) is 7.05 Å². The highest BCUT2D eigenvalue weighted by atomic mass is 127. The standard InChI is InChI=1S/C19H34N4O.HI/c1-6-16(4)22-19(20-5)21-15-17-11-9-10-12-18(17)24-14-13-23(7-2)8-3;/h9-12,16H,6-8,13-15H2,1-5H3,(H2,20,21,22);1H. The van der Waals surface area contributed by atoms with Crippen LogP contribution in [0.25, 0.3) is 0 Å². The Bertz CT molecular complexity index is 492. The van der Waals surface area contributed by atoms with Gasteiger partial charge in [0.1, 0.15) is 12.4 Å². The SMILES string of the molecule is CCC(C)NC(=NC)NCc1ccccc1OCCN(CC)CC.I. The molecule has 0 amide bonds. The number of hydrogen-bond donors (Lipinski definition) is 2. The van der Waals surface area contributed by atoms with Crippen molar-refractivity contribution < 1.29 is 4.74 Å². The van der Waals surface area contributed by atoms with Gasteiger partial charge < -0.3 is 20.3 Å². The molecule has 2 N–H and O–H groups in total. The minimum absolute atomic E-state index is 0. The largest absolute Gasteiger partial charge is 0.492 e. The molecule has 0 heterocycles. The van der Waals surface area contributed by atoms with Gasteiger partial charge >= 0.3 is 0 Å². The predicted molar refractivity (Wildman–Crippen MR) is 118 cm³/mol. The summed E-state index contributed by atoms with van der Waals surface area (Å²) in [5.41, 5.74) is 1.14. The lowest BCUT2D eigenvalue weighted by Crippen LogP contribution is -2.41. The predicted octanol–water partition coefficient (Wildman–Crippen LogP) is 3.49. The van der Waals surface area contributed by atoms with Gasteiger partial charge in [-0.15, -0.1) is 24.0 Å². The summed E-state index contributed by atoms with van der Waals surface area (Å²) in [5, 5.41) is 6.73. The summed E-state index contributed by atoms with van der Waals surface area (Å²) in [7, 11) is 1.80. The molecule has 0 saturated carbocycles. The fourth-order valence-corrected chi connectivity index (χ4v) is 2.32. The summed E-state index contributed by atoms with van der Waals surface area (Å²) in [6, 6.07) is 8.58. The summed E-state index contributed by atoms with van der Waals surface area (Å²) in [5.74, 6) is 1.76. The summed E-state index contributed by atoms with van der Waals surface area (Å²) in [6.45, 7) is 13.1. The van der Waals surface area contributed by atoms with Crippen LogP contribution in [0.5, 0.6) is 5.75 Å². The number of likely N-dealkylation sites (N-methyl/N-ethyl adjacent to an activating group) is 1. The maximum absolute atomic E-state index is 6.00. The van der Waals surface area contributed by atoms with Crippen LogP contribution in [-0.2, 0) is 6.54 Å². The quantitative estimate of drug-likeness (QED) is 0.318. The van der Waals surface area contributed by atoms with Crippen LogP contribution in [-0.4, -0.2) is 50.2 Å². The van der Waals surface area contributed by atoms with Crippen molar-refractivity contribution in [3.8, 4) is 5.75 Å². The van der Waals surface area contributed by atoms with Gasteiger partial charge in [-0.25, -0.2) is 0 Å². The van der Waals surface area contributed by atoms with Gasteiger partial charge in [-0.3, -0.25) is 4.99 Å². The van der Waals surface area contributed by atoms with Crippen molar-refractivity contribution in [2.45, 2.75) is 46.7 Å². The summed E-state index contributed by atoms with van der Waals surface area (Å²) in [6.07, 6.45) is 1.06. The maximum Gasteiger partial charge on any atom is 0.191 e. The molecule has 0 aliphatic carbocycles. The van der Waals surface area contributed by atoms with E-state index in [4.69, 9.17) is 4.74 Å². The van der Waals surface area contributed by atoms with E-state index >= 15 is 0 Å². The van der Waals surface area contributed by atoms with Gasteiger partial charge in [0.05, 0.1) is 0 Å². The molecule has 1 atom stereocenters. The highest BCUT2D eigenvalue weighted by Crippen LogP contribution is 2.17. The lowest BCUT2D eigenvalue weighted by Gasteiger charge is -2.20. The maximum atomic E-state index is 6.00. The fraction of sp³-hybridized carbons (Fsp3) is 0.632. The van der Waals surface area contributed by atoms with Crippen molar-refractivity contribution in [3.05, 3.63) is 29.8 Å². The molecule has 6 heteroatoms. The van der Waals surface area contributed by atoms with E-state index in [-0.39, 0.29) is 24.0 Å². The third kappa shape index (κ3) is 9.30. The summed E-state index contributed by atoms with van der Waals surface area (Å²) in [4.78, 5) is 6.64. The topological polar surface area (TPSA) is 48.9 Å². The van der Waals surface area contributed by atoms with Gasteiger partial charge in [0.2, 0.25) is 0 Å². The number of halogens is 1. The summed E-state index contributed by atoms with van der Waals surface area (Å²) >= 11 is 0. The molecule has 5 nitrogen and oxygen atoms in total. The molecule has 1 aromatic carbocycles. The van der Waals surface area contributed by atoms with Gasteiger partial charge in [-0.2, -0.15) is 0 Å². The molecule has 0 aliphatic rings. The Hall–Kier alpha value is -1.02. The van der Waals surface area contributed by atoms with Crippen molar-refractivity contribution in [2.24, 2.45) is 4.99 Å². The van der Waals surface area contributed by atoms with Crippen LogP contribution < -0.4 is 15.4 Å². The number of guanidine groups is 1. The highest BCUT2D eigenvalue weighted by Gasteiger charge is 2.07. The second-order valence-corrected chi connectivity index (χ2v) is 5.86. The van der Waals surface area contributed by atoms with E-state index in [0.717, 1.165) is 43.3 Å². The second kappa shape index (κ2) is 14.2. The zero-order chi connectivity index (χ0) is 17.8. The minimum Gasteiger partial charge on any atom is -0.492 e. The first-order valence-electron chi connectivity index (χ1n) is 9.04. The van der Waals surface area contributed by atoms with Crippen molar-refractivity contribution >= 4 is 29.9 Å². The van der Waals surface area contributed by atoms with Crippen LogP contribution in [0.4, 0.5) is 0 Å². The molecule has 1 rings (SSSR count). The lowest BCUT2D eigenvalue weighted by atomic mass is 10.2. The molecule has 0 bridgehead atoms. The van der Waals surface area contributed by atoms with E-state index in [9.17, 15) is 0 Å². The molecule has 1 aromatic rings. The average Bonchev–Trinajstić information content (AvgIpc) is 2.62. The van der Waals surface area contributed by atoms with Crippen LogP contribution >= 0.6 is 24.0 Å². The first kappa shape index (κ1) is 24.0. The van der Waals surface area contributed by atoms with E-state index in [0.29, 0.717) is 19.2 Å². The van der Waals surface area contributed by atoms with Crippen LogP contribution in [0.1, 0.15) is 39.7 Å². The van der Waals surface area contributed by atoms with Crippen LogP contribution in [0, 0.1) is 0 Å². The van der Waals surface area contributed by atoms with Crippen LogP contribution in [0.3, 0.4) is 0 Å². The number of ether oxygens (including phenoxy) is 1. The number of nitrogens with one attached hydrogen (secondary N) is 2. The zero-order valence-corrected chi connectivity index (χ0v) is 18.7. The third-order valence-electron chi connectivity index (χ3n) is 4.20. The number of para-hydroxylation sites is 1. The molecule has 0 aliphatic heterocycles. The van der Waals surface area contributed by atoms with Gasteiger partial charge in [-0.1, -0.05) is 39.0 Å². The van der Waals surface area contributed by atoms with Crippen LogP contribution in [0.2, 0.25) is 0 Å². The van der Waals surface area contributed by atoms with E-state index in [1.165, 1.54) is 0 Å². The molecule has 0 saturated heterocycles. The Balaban J connectivity index is 0.00000576. The highest BCUT2D eigenvalue weighted by molar-refractivity contribution is 14.0. The number of aliphatic imine (C=N–C) groups is 1. The Morgan fingerprint density at radius 2 is 1.88 bits per heavy atom. The molecule has 144 valence electrons. The van der Waals surface area contributed by atoms with Crippen LogP contribution in [0.15, 0.2) is 29.3 Å². The van der Waals surface area contributed by atoms with Gasteiger partial charge in [0, 0.05) is 31.7 Å². The first-order valence-corrected chi connectivity index (χ1v) is 9.04. The zero-order valence-electron chi connectivity index (χ0n) is 16.3. The molecular weight excluding hydrogens is 427 g/mol. The Kier molecular flexibility index (Phi) is 13.6. The molecule has 0 radical (unpaired) electrons.